The number of ether oxygens (including phenoxy) is 1. The van der Waals surface area contributed by atoms with E-state index in [0.29, 0.717) is 19.7 Å². The van der Waals surface area contributed by atoms with E-state index in [-0.39, 0.29) is 18.6 Å². The van der Waals surface area contributed by atoms with Gasteiger partial charge in [0.05, 0.1) is 19.3 Å². The van der Waals surface area contributed by atoms with Gasteiger partial charge in [0.15, 0.2) is 0 Å². The first-order chi connectivity index (χ1) is 10.2. The van der Waals surface area contributed by atoms with Gasteiger partial charge in [-0.05, 0) is 36.6 Å². The summed E-state index contributed by atoms with van der Waals surface area (Å²) in [5.74, 6) is 0.0376. The van der Waals surface area contributed by atoms with Crippen molar-refractivity contribution in [1.29, 1.82) is 0 Å². The van der Waals surface area contributed by atoms with Crippen LogP contribution in [0.3, 0.4) is 0 Å². The number of piperidine rings is 1. The van der Waals surface area contributed by atoms with E-state index >= 15 is 0 Å². The maximum Gasteiger partial charge on any atom is 0.246 e. The molecule has 0 atom stereocenters. The molecule has 21 heavy (non-hydrogen) atoms. The molecule has 1 N–H and O–H groups in total. The number of aliphatic hydroxyl groups excluding tert-OH is 1. The molecule has 0 aliphatic carbocycles. The molecule has 1 saturated heterocycles. The molecule has 1 aliphatic rings. The lowest BCUT2D eigenvalue weighted by molar-refractivity contribution is -0.128. The van der Waals surface area contributed by atoms with Crippen molar-refractivity contribution in [3.63, 3.8) is 0 Å². The predicted molar refractivity (Wildman–Crippen MR) is 85.8 cm³/mol. The van der Waals surface area contributed by atoms with Crippen molar-refractivity contribution in [2.24, 2.45) is 0 Å². The van der Waals surface area contributed by atoms with E-state index in [1.165, 1.54) is 0 Å². The summed E-state index contributed by atoms with van der Waals surface area (Å²) in [7, 11) is 0. The second-order valence-electron chi connectivity index (χ2n) is 5.01. The zero-order valence-electron chi connectivity index (χ0n) is 11.9. The first kappa shape index (κ1) is 16.2. The molecular weight excluding hydrogens is 334 g/mol. The fourth-order valence-corrected chi connectivity index (χ4v) is 2.76. The van der Waals surface area contributed by atoms with Gasteiger partial charge in [-0.1, -0.05) is 28.1 Å². The first-order valence-electron chi connectivity index (χ1n) is 7.14. The minimum Gasteiger partial charge on any atom is -0.394 e. The summed E-state index contributed by atoms with van der Waals surface area (Å²) in [6.07, 6.45) is 5.28. The quantitative estimate of drug-likeness (QED) is 0.827. The van der Waals surface area contributed by atoms with Crippen LogP contribution in [-0.4, -0.2) is 48.3 Å². The fourth-order valence-electron chi connectivity index (χ4n) is 2.35. The summed E-state index contributed by atoms with van der Waals surface area (Å²) in [5.41, 5.74) is 0.999. The highest BCUT2D eigenvalue weighted by Crippen LogP contribution is 2.15. The lowest BCUT2D eigenvalue weighted by atomic mass is 10.1. The van der Waals surface area contributed by atoms with E-state index < -0.39 is 0 Å². The molecule has 2 rings (SSSR count). The van der Waals surface area contributed by atoms with Crippen molar-refractivity contribution >= 4 is 27.9 Å². The maximum absolute atomic E-state index is 12.1. The second kappa shape index (κ2) is 8.32. The Morgan fingerprint density at radius 3 is 2.86 bits per heavy atom. The minimum absolute atomic E-state index is 0.0376. The SMILES string of the molecule is O=C(/C=C/c1cccc(Br)c1)N1CCC(OCCO)CC1. The van der Waals surface area contributed by atoms with E-state index in [1.54, 1.807) is 6.08 Å². The molecule has 0 spiro atoms. The van der Waals surface area contributed by atoms with E-state index in [0.717, 1.165) is 22.9 Å². The first-order valence-corrected chi connectivity index (χ1v) is 7.93. The van der Waals surface area contributed by atoms with E-state index in [9.17, 15) is 4.79 Å². The topological polar surface area (TPSA) is 49.8 Å². The van der Waals surface area contributed by atoms with Crippen molar-refractivity contribution in [3.05, 3.63) is 40.4 Å². The van der Waals surface area contributed by atoms with Crippen LogP contribution in [0.4, 0.5) is 0 Å². The van der Waals surface area contributed by atoms with Gasteiger partial charge in [-0.3, -0.25) is 4.79 Å². The number of halogens is 1. The molecule has 114 valence electrons. The van der Waals surface area contributed by atoms with Crippen LogP contribution >= 0.6 is 15.9 Å². The van der Waals surface area contributed by atoms with Gasteiger partial charge in [0.2, 0.25) is 5.91 Å². The Balaban J connectivity index is 1.82. The largest absolute Gasteiger partial charge is 0.394 e. The van der Waals surface area contributed by atoms with Gasteiger partial charge in [-0.2, -0.15) is 0 Å². The molecule has 1 heterocycles. The molecular formula is C16H20BrNO3. The molecule has 0 aromatic heterocycles. The highest BCUT2D eigenvalue weighted by atomic mass is 79.9. The number of hydrogen-bond acceptors (Lipinski definition) is 3. The molecule has 0 unspecified atom stereocenters. The normalized spacial score (nSPS) is 16.6. The molecule has 4 nitrogen and oxygen atoms in total. The van der Waals surface area contributed by atoms with Crippen molar-refractivity contribution in [2.45, 2.75) is 18.9 Å². The van der Waals surface area contributed by atoms with E-state index in [2.05, 4.69) is 15.9 Å². The number of carbonyl (C=O) groups is 1. The standard InChI is InChI=1S/C16H20BrNO3/c17-14-3-1-2-13(12-14)4-5-16(20)18-8-6-15(7-9-18)21-11-10-19/h1-5,12,15,19H,6-11H2/b5-4+. The van der Waals surface area contributed by atoms with Crippen LogP contribution in [-0.2, 0) is 9.53 Å². The molecule has 0 radical (unpaired) electrons. The molecule has 1 fully saturated rings. The Bertz CT molecular complexity index is 496. The number of carbonyl (C=O) groups excluding carboxylic acids is 1. The number of rotatable bonds is 5. The third-order valence-electron chi connectivity index (χ3n) is 3.47. The molecule has 1 aromatic carbocycles. The summed E-state index contributed by atoms with van der Waals surface area (Å²) in [5, 5.41) is 8.73. The van der Waals surface area contributed by atoms with E-state index in [1.807, 2.05) is 35.2 Å². The average molecular weight is 354 g/mol. The van der Waals surface area contributed by atoms with Crippen LogP contribution in [0.25, 0.3) is 6.08 Å². The van der Waals surface area contributed by atoms with Crippen LogP contribution < -0.4 is 0 Å². The van der Waals surface area contributed by atoms with Crippen molar-refractivity contribution in [1.82, 2.24) is 4.90 Å². The van der Waals surface area contributed by atoms with Crippen LogP contribution in [0.1, 0.15) is 18.4 Å². The maximum atomic E-state index is 12.1. The van der Waals surface area contributed by atoms with Gasteiger partial charge < -0.3 is 14.7 Å². The summed E-state index contributed by atoms with van der Waals surface area (Å²) >= 11 is 3.41. The molecule has 1 aromatic rings. The van der Waals surface area contributed by atoms with E-state index in [4.69, 9.17) is 9.84 Å². The second-order valence-corrected chi connectivity index (χ2v) is 5.92. The third-order valence-corrected chi connectivity index (χ3v) is 3.96. The number of nitrogens with zero attached hydrogens (tertiary/aromatic N) is 1. The lowest BCUT2D eigenvalue weighted by Gasteiger charge is -2.31. The van der Waals surface area contributed by atoms with Crippen LogP contribution in [0.5, 0.6) is 0 Å². The molecule has 1 amide bonds. The summed E-state index contributed by atoms with van der Waals surface area (Å²) in [6.45, 7) is 1.84. The Morgan fingerprint density at radius 1 is 1.43 bits per heavy atom. The Labute approximate surface area is 133 Å². The van der Waals surface area contributed by atoms with Crippen LogP contribution in [0.2, 0.25) is 0 Å². The summed E-state index contributed by atoms with van der Waals surface area (Å²) in [4.78, 5) is 14.0. The predicted octanol–water partition coefficient (Wildman–Crippen LogP) is 2.46. The number of benzene rings is 1. The smallest absolute Gasteiger partial charge is 0.246 e. The van der Waals surface area contributed by atoms with Crippen LogP contribution in [0, 0.1) is 0 Å². The number of aliphatic hydroxyl groups is 1. The van der Waals surface area contributed by atoms with Crippen molar-refractivity contribution in [2.75, 3.05) is 26.3 Å². The fraction of sp³-hybridized carbons (Fsp3) is 0.438. The van der Waals surface area contributed by atoms with Gasteiger partial charge in [0.25, 0.3) is 0 Å². The third kappa shape index (κ3) is 5.26. The number of amides is 1. The van der Waals surface area contributed by atoms with Crippen LogP contribution in [0.15, 0.2) is 34.8 Å². The molecule has 1 aliphatic heterocycles. The minimum atomic E-state index is 0.0376. The molecule has 0 saturated carbocycles. The number of likely N-dealkylation sites (tertiary alicyclic amines) is 1. The Hall–Kier alpha value is -1.17. The Kier molecular flexibility index (Phi) is 6.42. The number of hydrogen-bond donors (Lipinski definition) is 1. The monoisotopic (exact) mass is 353 g/mol. The zero-order valence-corrected chi connectivity index (χ0v) is 13.5. The van der Waals surface area contributed by atoms with Crippen molar-refractivity contribution in [3.8, 4) is 0 Å². The summed E-state index contributed by atoms with van der Waals surface area (Å²) in [6, 6.07) is 7.83. The van der Waals surface area contributed by atoms with Gasteiger partial charge in [0, 0.05) is 23.6 Å². The van der Waals surface area contributed by atoms with Gasteiger partial charge in [-0.15, -0.1) is 0 Å². The summed E-state index contributed by atoms with van der Waals surface area (Å²) < 4.78 is 6.49. The van der Waals surface area contributed by atoms with Gasteiger partial charge in [-0.25, -0.2) is 0 Å². The molecule has 5 heteroatoms. The van der Waals surface area contributed by atoms with Crippen molar-refractivity contribution < 1.29 is 14.6 Å². The van der Waals surface area contributed by atoms with Gasteiger partial charge in [0.1, 0.15) is 0 Å². The highest BCUT2D eigenvalue weighted by Gasteiger charge is 2.21. The average Bonchev–Trinajstić information content (AvgIpc) is 2.51. The molecule has 0 bridgehead atoms. The van der Waals surface area contributed by atoms with Gasteiger partial charge >= 0.3 is 0 Å². The highest BCUT2D eigenvalue weighted by molar-refractivity contribution is 9.10. The Morgan fingerprint density at radius 2 is 2.19 bits per heavy atom. The lowest BCUT2D eigenvalue weighted by Crippen LogP contribution is -2.40. The zero-order chi connectivity index (χ0) is 15.1.